The van der Waals surface area contributed by atoms with Gasteiger partial charge in [0.1, 0.15) is 0 Å². The van der Waals surface area contributed by atoms with Crippen LogP contribution in [0.4, 0.5) is 0 Å². The lowest BCUT2D eigenvalue weighted by molar-refractivity contribution is -0.135. The quantitative estimate of drug-likeness (QED) is 0.802. The average molecular weight is 240 g/mol. The minimum Gasteiger partial charge on any atom is -0.341 e. The third kappa shape index (κ3) is 3.98. The van der Waals surface area contributed by atoms with E-state index in [0.717, 1.165) is 45.2 Å². The van der Waals surface area contributed by atoms with Gasteiger partial charge in [-0.15, -0.1) is 0 Å². The summed E-state index contributed by atoms with van der Waals surface area (Å²) in [7, 11) is 0. The van der Waals surface area contributed by atoms with Crippen LogP contribution in [0.15, 0.2) is 0 Å². The molecule has 0 radical (unpaired) electrons. The molecule has 0 saturated carbocycles. The highest BCUT2D eigenvalue weighted by molar-refractivity contribution is 5.81. The molecule has 0 bridgehead atoms. The molecule has 0 aliphatic carbocycles. The predicted octanol–water partition coefficient (Wildman–Crippen LogP) is 2.54. The molecule has 17 heavy (non-hydrogen) atoms. The maximum atomic E-state index is 12.1. The third-order valence-corrected chi connectivity index (χ3v) is 4.32. The van der Waals surface area contributed by atoms with E-state index in [9.17, 15) is 4.79 Å². The van der Waals surface area contributed by atoms with E-state index >= 15 is 0 Å². The van der Waals surface area contributed by atoms with Crippen LogP contribution in [0.25, 0.3) is 0 Å². The Balaban J connectivity index is 2.40. The van der Waals surface area contributed by atoms with Crippen LogP contribution < -0.4 is 5.73 Å². The van der Waals surface area contributed by atoms with E-state index in [1.807, 2.05) is 4.90 Å². The fraction of sp³-hybridized carbons (Fsp3) is 0.929. The Morgan fingerprint density at radius 2 is 1.94 bits per heavy atom. The summed E-state index contributed by atoms with van der Waals surface area (Å²) in [6.45, 7) is 8.48. The van der Waals surface area contributed by atoms with E-state index < -0.39 is 0 Å². The second-order valence-electron chi connectivity index (χ2n) is 5.74. The average Bonchev–Trinajstić information content (AvgIpc) is 2.36. The Morgan fingerprint density at radius 3 is 2.41 bits per heavy atom. The Bertz CT molecular complexity index is 245. The van der Waals surface area contributed by atoms with Crippen molar-refractivity contribution in [2.24, 2.45) is 11.1 Å². The molecule has 1 aliphatic heterocycles. The number of hydrogen-bond donors (Lipinski definition) is 1. The highest BCUT2D eigenvalue weighted by atomic mass is 16.2. The van der Waals surface area contributed by atoms with Crippen molar-refractivity contribution in [3.05, 3.63) is 0 Å². The van der Waals surface area contributed by atoms with Gasteiger partial charge in [-0.1, -0.05) is 40.0 Å². The first-order valence-corrected chi connectivity index (χ1v) is 7.07. The lowest BCUT2D eigenvalue weighted by Gasteiger charge is -2.39. The zero-order valence-electron chi connectivity index (χ0n) is 11.7. The van der Waals surface area contributed by atoms with Gasteiger partial charge in [0.2, 0.25) is 5.91 Å². The molecule has 1 amide bonds. The maximum Gasteiger partial charge on any atom is 0.239 e. The highest BCUT2D eigenvalue weighted by Gasteiger charge is 2.31. The van der Waals surface area contributed by atoms with Crippen molar-refractivity contribution >= 4 is 5.91 Å². The van der Waals surface area contributed by atoms with Crippen molar-refractivity contribution in [1.29, 1.82) is 0 Å². The molecule has 3 heteroatoms. The number of amides is 1. The first-order chi connectivity index (χ1) is 8.02. The first-order valence-electron chi connectivity index (χ1n) is 7.07. The van der Waals surface area contributed by atoms with Gasteiger partial charge in [-0.25, -0.2) is 0 Å². The zero-order valence-corrected chi connectivity index (χ0v) is 11.7. The molecule has 100 valence electrons. The lowest BCUT2D eigenvalue weighted by atomic mass is 9.78. The number of rotatable bonds is 5. The standard InChI is InChI=1S/C14H28N2O/c1-4-6-7-12(15)13(17)16-10-8-14(3,5-2)9-11-16/h12H,4-11,15H2,1-3H3. The van der Waals surface area contributed by atoms with Gasteiger partial charge in [0.25, 0.3) is 0 Å². The molecule has 0 aromatic heterocycles. The molecule has 1 rings (SSSR count). The van der Waals surface area contributed by atoms with Crippen LogP contribution in [0, 0.1) is 5.41 Å². The minimum absolute atomic E-state index is 0.164. The van der Waals surface area contributed by atoms with Gasteiger partial charge in [-0.05, 0) is 24.7 Å². The number of nitrogens with zero attached hydrogens (tertiary/aromatic N) is 1. The Hall–Kier alpha value is -0.570. The number of likely N-dealkylation sites (tertiary alicyclic amines) is 1. The van der Waals surface area contributed by atoms with Gasteiger partial charge >= 0.3 is 0 Å². The van der Waals surface area contributed by atoms with Crippen molar-refractivity contribution < 1.29 is 4.79 Å². The van der Waals surface area contributed by atoms with Crippen molar-refractivity contribution in [3.63, 3.8) is 0 Å². The van der Waals surface area contributed by atoms with Crippen molar-refractivity contribution in [2.45, 2.75) is 65.3 Å². The van der Waals surface area contributed by atoms with Crippen LogP contribution in [0.3, 0.4) is 0 Å². The predicted molar refractivity (Wildman–Crippen MR) is 71.7 cm³/mol. The Morgan fingerprint density at radius 1 is 1.35 bits per heavy atom. The summed E-state index contributed by atoms with van der Waals surface area (Å²) in [5, 5.41) is 0. The summed E-state index contributed by atoms with van der Waals surface area (Å²) in [4.78, 5) is 14.1. The smallest absolute Gasteiger partial charge is 0.239 e. The van der Waals surface area contributed by atoms with Crippen LogP contribution in [0.1, 0.15) is 59.3 Å². The molecule has 0 spiro atoms. The zero-order chi connectivity index (χ0) is 12.9. The van der Waals surface area contributed by atoms with Gasteiger partial charge in [-0.2, -0.15) is 0 Å². The number of nitrogens with two attached hydrogens (primary N) is 1. The van der Waals surface area contributed by atoms with E-state index in [-0.39, 0.29) is 11.9 Å². The first kappa shape index (κ1) is 14.5. The summed E-state index contributed by atoms with van der Waals surface area (Å²) in [6, 6.07) is -0.277. The van der Waals surface area contributed by atoms with Crippen LogP contribution in [0.2, 0.25) is 0 Å². The minimum atomic E-state index is -0.277. The van der Waals surface area contributed by atoms with E-state index in [4.69, 9.17) is 5.73 Å². The number of carbonyl (C=O) groups excluding carboxylic acids is 1. The number of hydrogen-bond acceptors (Lipinski definition) is 2. The van der Waals surface area contributed by atoms with Gasteiger partial charge < -0.3 is 10.6 Å². The molecule has 3 nitrogen and oxygen atoms in total. The van der Waals surface area contributed by atoms with Gasteiger partial charge in [0.05, 0.1) is 6.04 Å². The highest BCUT2D eigenvalue weighted by Crippen LogP contribution is 2.34. The van der Waals surface area contributed by atoms with E-state index in [2.05, 4.69) is 20.8 Å². The molecule has 2 N–H and O–H groups in total. The van der Waals surface area contributed by atoms with Crippen LogP contribution >= 0.6 is 0 Å². The monoisotopic (exact) mass is 240 g/mol. The van der Waals surface area contributed by atoms with Gasteiger partial charge in [0.15, 0.2) is 0 Å². The second kappa shape index (κ2) is 6.39. The molecular weight excluding hydrogens is 212 g/mol. The molecule has 1 saturated heterocycles. The van der Waals surface area contributed by atoms with Crippen LogP contribution in [0.5, 0.6) is 0 Å². The summed E-state index contributed by atoms with van der Waals surface area (Å²) in [5.41, 5.74) is 6.38. The largest absolute Gasteiger partial charge is 0.341 e. The number of carbonyl (C=O) groups is 1. The molecule has 1 heterocycles. The fourth-order valence-corrected chi connectivity index (χ4v) is 2.40. The normalized spacial score (nSPS) is 21.3. The molecule has 0 aromatic rings. The van der Waals surface area contributed by atoms with Crippen LogP contribution in [-0.4, -0.2) is 29.9 Å². The Kier molecular flexibility index (Phi) is 5.44. The SMILES string of the molecule is CCCCC(N)C(=O)N1CCC(C)(CC)CC1. The fourth-order valence-electron chi connectivity index (χ4n) is 2.40. The molecular formula is C14H28N2O. The van der Waals surface area contributed by atoms with Crippen molar-refractivity contribution in [2.75, 3.05) is 13.1 Å². The van der Waals surface area contributed by atoms with E-state index in [1.165, 1.54) is 6.42 Å². The van der Waals surface area contributed by atoms with Crippen LogP contribution in [-0.2, 0) is 4.79 Å². The molecule has 1 aliphatic rings. The summed E-state index contributed by atoms with van der Waals surface area (Å²) < 4.78 is 0. The number of piperidine rings is 1. The topological polar surface area (TPSA) is 46.3 Å². The summed E-state index contributed by atoms with van der Waals surface area (Å²) >= 11 is 0. The molecule has 1 fully saturated rings. The van der Waals surface area contributed by atoms with Crippen molar-refractivity contribution in [3.8, 4) is 0 Å². The third-order valence-electron chi connectivity index (χ3n) is 4.32. The summed E-state index contributed by atoms with van der Waals surface area (Å²) in [6.07, 6.45) is 6.43. The molecule has 0 aromatic carbocycles. The maximum absolute atomic E-state index is 12.1. The lowest BCUT2D eigenvalue weighted by Crippen LogP contribution is -2.48. The second-order valence-corrected chi connectivity index (χ2v) is 5.74. The van der Waals surface area contributed by atoms with E-state index in [0.29, 0.717) is 5.41 Å². The Labute approximate surface area is 106 Å². The number of unbranched alkanes of at least 4 members (excludes halogenated alkanes) is 1. The molecule has 1 unspecified atom stereocenters. The van der Waals surface area contributed by atoms with E-state index in [1.54, 1.807) is 0 Å². The van der Waals surface area contributed by atoms with Gasteiger partial charge in [-0.3, -0.25) is 4.79 Å². The van der Waals surface area contributed by atoms with Gasteiger partial charge in [0, 0.05) is 13.1 Å². The van der Waals surface area contributed by atoms with Crippen molar-refractivity contribution in [1.82, 2.24) is 4.90 Å². The summed E-state index contributed by atoms with van der Waals surface area (Å²) in [5.74, 6) is 0.164. The molecule has 1 atom stereocenters.